The summed E-state index contributed by atoms with van der Waals surface area (Å²) in [6.45, 7) is 0.665. The van der Waals surface area contributed by atoms with E-state index in [1.165, 1.54) is 0 Å². The van der Waals surface area contributed by atoms with Crippen LogP contribution >= 0.6 is 0 Å². The minimum absolute atomic E-state index is 0.344. The van der Waals surface area contributed by atoms with Crippen LogP contribution in [0.1, 0.15) is 5.56 Å². The molecule has 0 aromatic carbocycles. The molecule has 100 valence electrons. The maximum atomic E-state index is 11.0. The fourth-order valence-electron chi connectivity index (χ4n) is 2.07. The zero-order chi connectivity index (χ0) is 13.8. The lowest BCUT2D eigenvalue weighted by Gasteiger charge is -2.02. The van der Waals surface area contributed by atoms with Crippen molar-refractivity contribution in [2.75, 3.05) is 11.9 Å². The molecule has 0 radical (unpaired) electrons. The van der Waals surface area contributed by atoms with Gasteiger partial charge in [-0.3, -0.25) is 4.98 Å². The Balaban J connectivity index is 1.76. The molecular formula is C14H13N5O. The number of pyridine rings is 2. The first-order chi connectivity index (χ1) is 9.88. The lowest BCUT2D eigenvalue weighted by molar-refractivity contribution is 0.937. The van der Waals surface area contributed by atoms with Crippen LogP contribution in [0.5, 0.6) is 0 Å². The Morgan fingerprint density at radius 1 is 1.25 bits per heavy atom. The maximum absolute atomic E-state index is 11.0. The first-order valence-electron chi connectivity index (χ1n) is 6.32. The molecule has 3 aromatic heterocycles. The van der Waals surface area contributed by atoms with E-state index in [0.29, 0.717) is 23.6 Å². The van der Waals surface area contributed by atoms with Gasteiger partial charge in [0.25, 0.3) is 0 Å². The second-order valence-electron chi connectivity index (χ2n) is 4.36. The van der Waals surface area contributed by atoms with Crippen LogP contribution < -0.4 is 5.32 Å². The summed E-state index contributed by atoms with van der Waals surface area (Å²) >= 11 is 0. The summed E-state index contributed by atoms with van der Waals surface area (Å²) in [5, 5.41) is 10.5. The first-order valence-corrected chi connectivity index (χ1v) is 6.32. The van der Waals surface area contributed by atoms with Gasteiger partial charge >= 0.3 is 0 Å². The summed E-state index contributed by atoms with van der Waals surface area (Å²) in [5.74, 6) is 0.509. The second kappa shape index (κ2) is 5.48. The fourth-order valence-corrected chi connectivity index (χ4v) is 2.07. The highest BCUT2D eigenvalue weighted by molar-refractivity contribution is 5.79. The highest BCUT2D eigenvalue weighted by Gasteiger charge is 2.12. The van der Waals surface area contributed by atoms with E-state index in [4.69, 9.17) is 0 Å². The quantitative estimate of drug-likeness (QED) is 0.721. The predicted octanol–water partition coefficient (Wildman–Crippen LogP) is 2.78. The molecule has 3 rings (SSSR count). The minimum atomic E-state index is 0.344. The van der Waals surface area contributed by atoms with E-state index in [0.717, 1.165) is 12.0 Å². The van der Waals surface area contributed by atoms with Crippen LogP contribution in [0.25, 0.3) is 5.52 Å². The summed E-state index contributed by atoms with van der Waals surface area (Å²) < 4.78 is 1.64. The zero-order valence-electron chi connectivity index (χ0n) is 10.7. The van der Waals surface area contributed by atoms with Crippen molar-refractivity contribution in [3.05, 3.63) is 59.4 Å². The van der Waals surface area contributed by atoms with Crippen molar-refractivity contribution in [2.45, 2.75) is 6.42 Å². The minimum Gasteiger partial charge on any atom is -0.366 e. The third-order valence-corrected chi connectivity index (χ3v) is 3.03. The van der Waals surface area contributed by atoms with E-state index in [1.807, 2.05) is 36.5 Å². The molecule has 6 nitrogen and oxygen atoms in total. The van der Waals surface area contributed by atoms with Crippen LogP contribution in [0.15, 0.2) is 54.1 Å². The number of aromatic nitrogens is 3. The first kappa shape index (κ1) is 12.3. The van der Waals surface area contributed by atoms with Crippen LogP contribution in [0.4, 0.5) is 11.5 Å². The van der Waals surface area contributed by atoms with Crippen molar-refractivity contribution >= 4 is 17.0 Å². The number of nitroso groups, excluding NO2 is 1. The van der Waals surface area contributed by atoms with Gasteiger partial charge in [-0.05, 0) is 35.4 Å². The summed E-state index contributed by atoms with van der Waals surface area (Å²) in [5.41, 5.74) is 2.17. The molecule has 0 fully saturated rings. The molecule has 3 aromatic rings. The van der Waals surface area contributed by atoms with Crippen molar-refractivity contribution in [3.8, 4) is 0 Å². The molecule has 0 atom stereocenters. The van der Waals surface area contributed by atoms with E-state index in [-0.39, 0.29) is 0 Å². The number of nitrogens with zero attached hydrogens (tertiary/aromatic N) is 4. The molecule has 0 saturated carbocycles. The van der Waals surface area contributed by atoms with Gasteiger partial charge in [-0.15, -0.1) is 10.0 Å². The molecule has 0 aliphatic heterocycles. The Bertz CT molecular complexity index is 723. The van der Waals surface area contributed by atoms with Crippen molar-refractivity contribution in [1.29, 1.82) is 0 Å². The monoisotopic (exact) mass is 267 g/mol. The largest absolute Gasteiger partial charge is 0.366 e. The molecule has 1 N–H and O–H groups in total. The number of hydrogen-bond donors (Lipinski definition) is 1. The molecule has 20 heavy (non-hydrogen) atoms. The van der Waals surface area contributed by atoms with Crippen molar-refractivity contribution in [1.82, 2.24) is 14.6 Å². The average Bonchev–Trinajstić information content (AvgIpc) is 2.86. The number of hydrogen-bond acceptors (Lipinski definition) is 5. The van der Waals surface area contributed by atoms with Crippen LogP contribution in [0, 0.1) is 4.91 Å². The van der Waals surface area contributed by atoms with Crippen molar-refractivity contribution in [2.24, 2.45) is 5.18 Å². The average molecular weight is 267 g/mol. The molecule has 0 unspecified atom stereocenters. The van der Waals surface area contributed by atoms with Gasteiger partial charge in [0.05, 0.1) is 5.52 Å². The summed E-state index contributed by atoms with van der Waals surface area (Å²) in [4.78, 5) is 15.0. The van der Waals surface area contributed by atoms with Crippen molar-refractivity contribution < 1.29 is 0 Å². The molecule has 3 heterocycles. The second-order valence-corrected chi connectivity index (χ2v) is 4.36. The predicted molar refractivity (Wildman–Crippen MR) is 77.1 cm³/mol. The number of fused-ring (bicyclic) bond motifs is 1. The standard InChI is InChI=1S/C14H13N5O/c20-18-13-12-5-1-2-9-19(12)17-14(13)16-8-6-11-4-3-7-15-10-11/h1-5,7,9-10H,6,8H2,(H,16,17). The van der Waals surface area contributed by atoms with E-state index < -0.39 is 0 Å². The zero-order valence-corrected chi connectivity index (χ0v) is 10.7. The van der Waals surface area contributed by atoms with Gasteiger partial charge in [-0.25, -0.2) is 4.52 Å². The van der Waals surface area contributed by atoms with E-state index in [1.54, 1.807) is 16.9 Å². The van der Waals surface area contributed by atoms with Gasteiger partial charge in [0, 0.05) is 25.1 Å². The highest BCUT2D eigenvalue weighted by atomic mass is 16.3. The Hall–Kier alpha value is -2.76. The van der Waals surface area contributed by atoms with Crippen molar-refractivity contribution in [3.63, 3.8) is 0 Å². The third kappa shape index (κ3) is 2.35. The van der Waals surface area contributed by atoms with Crippen LogP contribution in [-0.4, -0.2) is 21.1 Å². The summed E-state index contributed by atoms with van der Waals surface area (Å²) in [6.07, 6.45) is 6.16. The Kier molecular flexibility index (Phi) is 3.36. The molecule has 0 saturated heterocycles. The van der Waals surface area contributed by atoms with E-state index in [9.17, 15) is 4.91 Å². The number of nitrogens with one attached hydrogen (secondary N) is 1. The number of rotatable bonds is 5. The summed E-state index contributed by atoms with van der Waals surface area (Å²) in [7, 11) is 0. The topological polar surface area (TPSA) is 71.7 Å². The van der Waals surface area contributed by atoms with E-state index in [2.05, 4.69) is 20.6 Å². The molecule has 0 aliphatic carbocycles. The van der Waals surface area contributed by atoms with Gasteiger partial charge in [0.1, 0.15) is 0 Å². The molecule has 0 spiro atoms. The smallest absolute Gasteiger partial charge is 0.178 e. The molecule has 0 amide bonds. The third-order valence-electron chi connectivity index (χ3n) is 3.03. The Labute approximate surface area is 115 Å². The highest BCUT2D eigenvalue weighted by Crippen LogP contribution is 2.28. The van der Waals surface area contributed by atoms with Gasteiger partial charge in [0.2, 0.25) is 0 Å². The van der Waals surface area contributed by atoms with E-state index >= 15 is 0 Å². The molecule has 6 heteroatoms. The molecule has 0 aliphatic rings. The van der Waals surface area contributed by atoms with Crippen LogP contribution in [0.3, 0.4) is 0 Å². The van der Waals surface area contributed by atoms with Gasteiger partial charge in [-0.1, -0.05) is 12.1 Å². The maximum Gasteiger partial charge on any atom is 0.178 e. The number of anilines is 1. The summed E-state index contributed by atoms with van der Waals surface area (Å²) in [6, 6.07) is 9.44. The lowest BCUT2D eigenvalue weighted by atomic mass is 10.2. The molecule has 0 bridgehead atoms. The van der Waals surface area contributed by atoms with Crippen LogP contribution in [0.2, 0.25) is 0 Å². The fraction of sp³-hybridized carbons (Fsp3) is 0.143. The van der Waals surface area contributed by atoms with Gasteiger partial charge < -0.3 is 5.32 Å². The Morgan fingerprint density at radius 3 is 3.00 bits per heavy atom. The Morgan fingerprint density at radius 2 is 2.20 bits per heavy atom. The lowest BCUT2D eigenvalue weighted by Crippen LogP contribution is -2.05. The molecular weight excluding hydrogens is 254 g/mol. The van der Waals surface area contributed by atoms with Crippen LogP contribution in [-0.2, 0) is 6.42 Å². The SMILES string of the molecule is O=Nc1c(NCCc2cccnc2)nn2ccccc12. The van der Waals surface area contributed by atoms with Gasteiger partial charge in [-0.2, -0.15) is 0 Å². The normalized spacial score (nSPS) is 10.6. The van der Waals surface area contributed by atoms with Gasteiger partial charge in [0.15, 0.2) is 11.5 Å².